The summed E-state index contributed by atoms with van der Waals surface area (Å²) in [6, 6.07) is 5.31. The van der Waals surface area contributed by atoms with Crippen molar-refractivity contribution in [3.05, 3.63) is 75.2 Å². The van der Waals surface area contributed by atoms with E-state index in [0.29, 0.717) is 41.8 Å². The number of fused-ring (bicyclic) bond motifs is 3. The predicted molar refractivity (Wildman–Crippen MR) is 147 cm³/mol. The molecule has 196 valence electrons. The number of aromatic nitrogens is 3. The van der Waals surface area contributed by atoms with E-state index in [-0.39, 0.29) is 28.6 Å². The minimum Gasteiger partial charge on any atom is -0.392 e. The third-order valence-corrected chi connectivity index (χ3v) is 7.27. The van der Waals surface area contributed by atoms with Crippen molar-refractivity contribution >= 4 is 29.5 Å². The van der Waals surface area contributed by atoms with Gasteiger partial charge in [0, 0.05) is 68.6 Å². The summed E-state index contributed by atoms with van der Waals surface area (Å²) in [6.07, 6.45) is 9.40. The monoisotopic (exact) mass is 513 g/mol. The first kappa shape index (κ1) is 25.2. The van der Waals surface area contributed by atoms with Gasteiger partial charge in [-0.15, -0.1) is 0 Å². The molecule has 0 fully saturated rings. The number of carbonyl (C=O) groups is 2. The minimum absolute atomic E-state index is 0.0436. The van der Waals surface area contributed by atoms with Gasteiger partial charge in [-0.2, -0.15) is 0 Å². The molecule has 3 aromatic heterocycles. The van der Waals surface area contributed by atoms with Crippen LogP contribution in [0.1, 0.15) is 51.9 Å². The number of allylic oxidation sites excluding steroid dienone is 1. The van der Waals surface area contributed by atoms with Crippen LogP contribution in [0, 0.1) is 5.41 Å². The number of amidine groups is 1. The highest BCUT2D eigenvalue weighted by molar-refractivity contribution is 6.10. The second-order valence-corrected chi connectivity index (χ2v) is 9.70. The largest absolute Gasteiger partial charge is 0.392 e. The second kappa shape index (κ2) is 10.1. The predicted octanol–water partition coefficient (Wildman–Crippen LogP) is 3.11. The molecule has 3 aromatic rings. The van der Waals surface area contributed by atoms with Crippen molar-refractivity contribution in [3.8, 4) is 11.1 Å². The molecule has 38 heavy (non-hydrogen) atoms. The third-order valence-electron chi connectivity index (χ3n) is 7.27. The van der Waals surface area contributed by atoms with Gasteiger partial charge in [0.25, 0.3) is 11.5 Å². The van der Waals surface area contributed by atoms with E-state index < -0.39 is 0 Å². The van der Waals surface area contributed by atoms with Crippen molar-refractivity contribution in [2.45, 2.75) is 39.2 Å². The maximum Gasteiger partial charge on any atom is 0.274 e. The zero-order chi connectivity index (χ0) is 27.0. The van der Waals surface area contributed by atoms with Crippen LogP contribution >= 0.6 is 0 Å². The number of nitrogens with one attached hydrogen (secondary N) is 3. The lowest BCUT2D eigenvalue weighted by Crippen LogP contribution is -2.39. The summed E-state index contributed by atoms with van der Waals surface area (Å²) in [5.74, 6) is 0.201. The Kier molecular flexibility index (Phi) is 6.71. The first-order valence-electron chi connectivity index (χ1n) is 12.7. The number of anilines is 2. The molecule has 0 spiro atoms. The number of amides is 1. The molecule has 0 atom stereocenters. The van der Waals surface area contributed by atoms with Gasteiger partial charge in [-0.3, -0.25) is 24.7 Å². The average molecular weight is 514 g/mol. The Morgan fingerprint density at radius 3 is 2.71 bits per heavy atom. The molecule has 2 aliphatic rings. The molecule has 5 rings (SSSR count). The summed E-state index contributed by atoms with van der Waals surface area (Å²) < 4.78 is 3.68. The van der Waals surface area contributed by atoms with Gasteiger partial charge in [0.15, 0.2) is 6.29 Å². The number of pyridine rings is 2. The van der Waals surface area contributed by atoms with Crippen LogP contribution in [0.4, 0.5) is 11.5 Å². The Morgan fingerprint density at radius 1 is 1.13 bits per heavy atom. The number of hydrogen-bond acceptors (Lipinski definition) is 6. The van der Waals surface area contributed by atoms with Crippen molar-refractivity contribution in [1.82, 2.24) is 19.4 Å². The zero-order valence-corrected chi connectivity index (χ0v) is 21.8. The van der Waals surface area contributed by atoms with Gasteiger partial charge < -0.3 is 19.8 Å². The number of aryl methyl sites for hydroxylation is 2. The summed E-state index contributed by atoms with van der Waals surface area (Å²) in [5, 5.41) is 14.0. The lowest BCUT2D eigenvalue weighted by molar-refractivity contribution is 0.0979. The van der Waals surface area contributed by atoms with E-state index >= 15 is 0 Å². The fourth-order valence-electron chi connectivity index (χ4n) is 5.29. The lowest BCUT2D eigenvalue weighted by atomic mass is 10.0. The fourth-order valence-corrected chi connectivity index (χ4v) is 5.29. The van der Waals surface area contributed by atoms with Crippen LogP contribution in [-0.2, 0) is 26.4 Å². The standard InChI is InChI=1S/C28H31N7O3/c1-17(30-2)12-25(29)32-23-13-18(15-33(3)28(23)38)20-7-9-31-26(22(20)16-36)35-11-8-24-21(27(35)37)14-19-6-4-5-10-34(19)24/h7,9,12-16,30H,4-6,8,10-11H2,1-3H3,(H2,29,32)/b17-12-. The Hall–Kier alpha value is -4.47. The van der Waals surface area contributed by atoms with Crippen LogP contribution in [0.25, 0.3) is 11.1 Å². The zero-order valence-electron chi connectivity index (χ0n) is 21.8. The minimum atomic E-state index is -0.313. The van der Waals surface area contributed by atoms with Gasteiger partial charge >= 0.3 is 0 Å². The Morgan fingerprint density at radius 2 is 1.95 bits per heavy atom. The second-order valence-electron chi connectivity index (χ2n) is 9.70. The van der Waals surface area contributed by atoms with Crippen molar-refractivity contribution in [1.29, 1.82) is 5.41 Å². The molecule has 0 saturated heterocycles. The first-order valence-corrected chi connectivity index (χ1v) is 12.7. The number of nitrogens with zero attached hydrogens (tertiary/aromatic N) is 4. The highest BCUT2D eigenvalue weighted by Crippen LogP contribution is 2.33. The van der Waals surface area contributed by atoms with E-state index in [1.807, 2.05) is 13.0 Å². The third kappa shape index (κ3) is 4.42. The normalized spacial score (nSPS) is 15.1. The highest BCUT2D eigenvalue weighted by Gasteiger charge is 2.33. The molecular formula is C28H31N7O3. The number of rotatable bonds is 6. The molecule has 0 unspecified atom stereocenters. The molecule has 5 heterocycles. The molecule has 0 aromatic carbocycles. The smallest absolute Gasteiger partial charge is 0.274 e. The van der Waals surface area contributed by atoms with E-state index in [1.54, 1.807) is 49.6 Å². The quantitative estimate of drug-likeness (QED) is 0.264. The number of carbonyl (C=O) groups excluding carboxylic acids is 2. The van der Waals surface area contributed by atoms with E-state index in [2.05, 4.69) is 20.2 Å². The maximum atomic E-state index is 13.6. The first-order chi connectivity index (χ1) is 18.3. The van der Waals surface area contributed by atoms with Crippen LogP contribution in [-0.4, -0.2) is 45.7 Å². The molecule has 0 bridgehead atoms. The summed E-state index contributed by atoms with van der Waals surface area (Å²) in [5.41, 5.74) is 5.02. The molecule has 0 radical (unpaired) electrons. The van der Waals surface area contributed by atoms with Gasteiger partial charge in [0.1, 0.15) is 17.3 Å². The van der Waals surface area contributed by atoms with Gasteiger partial charge in [0.2, 0.25) is 0 Å². The van der Waals surface area contributed by atoms with E-state index in [9.17, 15) is 14.4 Å². The van der Waals surface area contributed by atoms with Gasteiger partial charge in [-0.05, 0) is 56.0 Å². The van der Waals surface area contributed by atoms with Crippen LogP contribution in [0.15, 0.2) is 47.2 Å². The molecule has 0 aliphatic carbocycles. The summed E-state index contributed by atoms with van der Waals surface area (Å²) in [7, 11) is 3.36. The Labute approximate surface area is 220 Å². The van der Waals surface area contributed by atoms with Crippen LogP contribution in [0.2, 0.25) is 0 Å². The van der Waals surface area contributed by atoms with Gasteiger partial charge in [-0.25, -0.2) is 4.98 Å². The molecule has 0 saturated carbocycles. The van der Waals surface area contributed by atoms with Crippen LogP contribution < -0.4 is 21.1 Å². The van der Waals surface area contributed by atoms with E-state index in [0.717, 1.165) is 37.2 Å². The molecule has 3 N–H and O–H groups in total. The van der Waals surface area contributed by atoms with Crippen molar-refractivity contribution in [2.24, 2.45) is 7.05 Å². The van der Waals surface area contributed by atoms with Crippen LogP contribution in [0.5, 0.6) is 0 Å². The summed E-state index contributed by atoms with van der Waals surface area (Å²) >= 11 is 0. The van der Waals surface area contributed by atoms with E-state index in [1.165, 1.54) is 10.3 Å². The van der Waals surface area contributed by atoms with Crippen LogP contribution in [0.3, 0.4) is 0 Å². The SMILES string of the molecule is CN/C(C)=C\C(=N)Nc1cc(-c2ccnc(N3CCc4c(cc5n4CCCC5)C3=O)c2C=O)cn(C)c1=O. The van der Waals surface area contributed by atoms with Crippen molar-refractivity contribution in [3.63, 3.8) is 0 Å². The maximum absolute atomic E-state index is 13.6. The Balaban J connectivity index is 1.53. The summed E-state index contributed by atoms with van der Waals surface area (Å²) in [6.45, 7) is 3.19. The van der Waals surface area contributed by atoms with Gasteiger partial charge in [-0.1, -0.05) is 0 Å². The topological polar surface area (TPSA) is 125 Å². The van der Waals surface area contributed by atoms with Gasteiger partial charge in [0.05, 0.1) is 11.1 Å². The van der Waals surface area contributed by atoms with Crippen molar-refractivity contribution < 1.29 is 9.59 Å². The molecule has 10 nitrogen and oxygen atoms in total. The molecule has 1 amide bonds. The highest BCUT2D eigenvalue weighted by atomic mass is 16.2. The Bertz CT molecular complexity index is 1550. The molecule has 2 aliphatic heterocycles. The average Bonchev–Trinajstić information content (AvgIpc) is 3.30. The molecular weight excluding hydrogens is 482 g/mol. The van der Waals surface area contributed by atoms with E-state index in [4.69, 9.17) is 5.41 Å². The lowest BCUT2D eigenvalue weighted by Gasteiger charge is -2.29. The number of hydrogen-bond donors (Lipinski definition) is 3. The fraction of sp³-hybridized carbons (Fsp3) is 0.321. The van der Waals surface area contributed by atoms with Crippen molar-refractivity contribution in [2.75, 3.05) is 23.8 Å². The number of aldehydes is 1. The summed E-state index contributed by atoms with van der Waals surface area (Å²) in [4.78, 5) is 44.9. The molecule has 10 heteroatoms.